The van der Waals surface area contributed by atoms with E-state index in [1.807, 2.05) is 19.9 Å². The van der Waals surface area contributed by atoms with Crippen molar-refractivity contribution in [2.75, 3.05) is 46.5 Å². The number of carbonyl (C=O) groups excluding carboxylic acids is 1. The summed E-state index contributed by atoms with van der Waals surface area (Å²) in [4.78, 5) is 16.6. The van der Waals surface area contributed by atoms with Crippen molar-refractivity contribution in [2.45, 2.75) is 20.3 Å². The first kappa shape index (κ1) is 24.5. The third kappa shape index (κ3) is 10.4. The number of benzene rings is 1. The average molecular weight is 478 g/mol. The zero-order chi connectivity index (χ0) is 18.3. The van der Waals surface area contributed by atoms with Crippen LogP contribution in [-0.2, 0) is 4.74 Å². The predicted octanol–water partition coefficient (Wildman–Crippen LogP) is 2.02. The van der Waals surface area contributed by atoms with E-state index in [0.717, 1.165) is 32.1 Å². The van der Waals surface area contributed by atoms with Crippen LogP contribution < -0.4 is 20.7 Å². The lowest BCUT2D eigenvalue weighted by Gasteiger charge is -2.12. The molecule has 0 unspecified atom stereocenters. The van der Waals surface area contributed by atoms with Crippen LogP contribution in [0.3, 0.4) is 0 Å². The summed E-state index contributed by atoms with van der Waals surface area (Å²) in [6.07, 6.45) is 0.886. The maximum Gasteiger partial charge on any atom is 0.251 e. The fourth-order valence-electron chi connectivity index (χ4n) is 2.07. The number of hydrogen-bond donors (Lipinski definition) is 3. The van der Waals surface area contributed by atoms with E-state index in [1.54, 1.807) is 25.3 Å². The maximum atomic E-state index is 12.1. The van der Waals surface area contributed by atoms with Crippen molar-refractivity contribution in [3.8, 4) is 5.75 Å². The molecule has 1 amide bonds. The number of methoxy groups -OCH3 is 1. The summed E-state index contributed by atoms with van der Waals surface area (Å²) >= 11 is 0. The molecule has 0 fully saturated rings. The Kier molecular flexibility index (Phi) is 14.8. The number of hydrogen-bond acceptors (Lipinski definition) is 4. The van der Waals surface area contributed by atoms with Crippen molar-refractivity contribution in [3.63, 3.8) is 0 Å². The lowest BCUT2D eigenvalue weighted by molar-refractivity contribution is 0.0954. The molecular weight excluding hydrogens is 447 g/mol. The molecular formula is C18H31IN4O3. The van der Waals surface area contributed by atoms with Gasteiger partial charge in [-0.1, -0.05) is 6.07 Å². The van der Waals surface area contributed by atoms with E-state index < -0.39 is 0 Å². The van der Waals surface area contributed by atoms with Gasteiger partial charge in [-0.3, -0.25) is 9.79 Å². The van der Waals surface area contributed by atoms with Gasteiger partial charge in [0.15, 0.2) is 5.96 Å². The van der Waals surface area contributed by atoms with Crippen LogP contribution in [0.25, 0.3) is 0 Å². The lowest BCUT2D eigenvalue weighted by atomic mass is 10.2. The molecule has 0 aliphatic heterocycles. The molecule has 1 aromatic carbocycles. The van der Waals surface area contributed by atoms with E-state index in [0.29, 0.717) is 30.9 Å². The van der Waals surface area contributed by atoms with Crippen LogP contribution in [0.4, 0.5) is 0 Å². The van der Waals surface area contributed by atoms with Crippen molar-refractivity contribution >= 4 is 35.8 Å². The quantitative estimate of drug-likeness (QED) is 0.196. The Bertz CT molecular complexity index is 541. The maximum absolute atomic E-state index is 12.1. The van der Waals surface area contributed by atoms with Crippen LogP contribution in [0.2, 0.25) is 0 Å². The number of nitrogens with one attached hydrogen (secondary N) is 3. The lowest BCUT2D eigenvalue weighted by Crippen LogP contribution is -2.41. The molecule has 1 rings (SSSR count). The van der Waals surface area contributed by atoms with E-state index in [-0.39, 0.29) is 29.9 Å². The number of rotatable bonds is 11. The Balaban J connectivity index is 0.00000625. The van der Waals surface area contributed by atoms with Gasteiger partial charge in [0, 0.05) is 45.0 Å². The van der Waals surface area contributed by atoms with Crippen LogP contribution >= 0.6 is 24.0 Å². The Labute approximate surface area is 173 Å². The van der Waals surface area contributed by atoms with Gasteiger partial charge in [0.2, 0.25) is 0 Å². The molecule has 3 N–H and O–H groups in total. The van der Waals surface area contributed by atoms with Crippen molar-refractivity contribution in [2.24, 2.45) is 4.99 Å². The minimum absolute atomic E-state index is 0. The summed E-state index contributed by atoms with van der Waals surface area (Å²) in [5, 5.41) is 9.25. The van der Waals surface area contributed by atoms with Gasteiger partial charge >= 0.3 is 0 Å². The monoisotopic (exact) mass is 478 g/mol. The van der Waals surface area contributed by atoms with Gasteiger partial charge in [0.25, 0.3) is 5.91 Å². The van der Waals surface area contributed by atoms with Crippen LogP contribution in [0.5, 0.6) is 5.75 Å². The standard InChI is InChI=1S/C18H30N4O3.HI/c1-4-19-18(21-10-7-13-25-5-2)22-12-11-20-17(23)15-8-6-9-16(14-15)24-3;/h6,8-9,14H,4-5,7,10-13H2,1-3H3,(H,20,23)(H2,19,21,22);1H. The Morgan fingerprint density at radius 1 is 1.15 bits per heavy atom. The Hall–Kier alpha value is -1.55. The van der Waals surface area contributed by atoms with Gasteiger partial charge in [0.1, 0.15) is 5.75 Å². The van der Waals surface area contributed by atoms with Gasteiger partial charge in [-0.2, -0.15) is 0 Å². The van der Waals surface area contributed by atoms with Crippen molar-refractivity contribution in [1.29, 1.82) is 0 Å². The summed E-state index contributed by atoms with van der Waals surface area (Å²) in [7, 11) is 1.58. The summed E-state index contributed by atoms with van der Waals surface area (Å²) < 4.78 is 10.4. The number of aliphatic imine (C=N–C) groups is 1. The third-order valence-electron chi connectivity index (χ3n) is 3.30. The molecule has 148 valence electrons. The second kappa shape index (κ2) is 15.7. The van der Waals surface area contributed by atoms with Crippen LogP contribution in [0, 0.1) is 0 Å². The number of ether oxygens (including phenoxy) is 2. The molecule has 0 saturated heterocycles. The van der Waals surface area contributed by atoms with Crippen molar-refractivity contribution in [3.05, 3.63) is 29.8 Å². The SMILES string of the molecule is CCNC(=NCCCOCC)NCCNC(=O)c1cccc(OC)c1.I. The number of amides is 1. The van der Waals surface area contributed by atoms with Crippen LogP contribution in [0.15, 0.2) is 29.3 Å². The van der Waals surface area contributed by atoms with E-state index in [9.17, 15) is 4.79 Å². The number of guanidine groups is 1. The molecule has 0 radical (unpaired) electrons. The highest BCUT2D eigenvalue weighted by atomic mass is 127. The van der Waals surface area contributed by atoms with Gasteiger partial charge in [-0.05, 0) is 38.5 Å². The molecule has 0 atom stereocenters. The number of halogens is 1. The van der Waals surface area contributed by atoms with Gasteiger partial charge in [-0.25, -0.2) is 0 Å². The summed E-state index contributed by atoms with van der Waals surface area (Å²) in [5.41, 5.74) is 0.579. The molecule has 0 bridgehead atoms. The first-order chi connectivity index (χ1) is 12.2. The number of carbonyl (C=O) groups is 1. The Morgan fingerprint density at radius 2 is 1.92 bits per heavy atom. The van der Waals surface area contributed by atoms with E-state index in [2.05, 4.69) is 20.9 Å². The normalized spacial score (nSPS) is 10.7. The van der Waals surface area contributed by atoms with Crippen molar-refractivity contribution in [1.82, 2.24) is 16.0 Å². The molecule has 0 aliphatic rings. The highest BCUT2D eigenvalue weighted by Gasteiger charge is 2.05. The first-order valence-electron chi connectivity index (χ1n) is 8.73. The third-order valence-corrected chi connectivity index (χ3v) is 3.30. The smallest absolute Gasteiger partial charge is 0.251 e. The molecule has 26 heavy (non-hydrogen) atoms. The first-order valence-corrected chi connectivity index (χ1v) is 8.73. The van der Waals surface area contributed by atoms with Gasteiger partial charge < -0.3 is 25.4 Å². The highest BCUT2D eigenvalue weighted by molar-refractivity contribution is 14.0. The molecule has 0 aliphatic carbocycles. The fourth-order valence-corrected chi connectivity index (χ4v) is 2.07. The minimum atomic E-state index is -0.126. The average Bonchev–Trinajstić information content (AvgIpc) is 2.64. The molecule has 7 nitrogen and oxygen atoms in total. The van der Waals surface area contributed by atoms with E-state index in [4.69, 9.17) is 9.47 Å². The zero-order valence-electron chi connectivity index (χ0n) is 15.8. The molecule has 0 aromatic heterocycles. The second-order valence-electron chi connectivity index (χ2n) is 5.23. The van der Waals surface area contributed by atoms with Gasteiger partial charge in [0.05, 0.1) is 7.11 Å². The van der Waals surface area contributed by atoms with E-state index >= 15 is 0 Å². The summed E-state index contributed by atoms with van der Waals surface area (Å²) in [6, 6.07) is 7.08. The molecule has 8 heteroatoms. The Morgan fingerprint density at radius 3 is 2.62 bits per heavy atom. The van der Waals surface area contributed by atoms with Crippen LogP contribution in [-0.4, -0.2) is 58.4 Å². The zero-order valence-corrected chi connectivity index (χ0v) is 18.2. The predicted molar refractivity (Wildman–Crippen MR) is 116 cm³/mol. The van der Waals surface area contributed by atoms with Crippen LogP contribution in [0.1, 0.15) is 30.6 Å². The van der Waals surface area contributed by atoms with E-state index in [1.165, 1.54) is 0 Å². The molecule has 0 saturated carbocycles. The highest BCUT2D eigenvalue weighted by Crippen LogP contribution is 2.12. The van der Waals surface area contributed by atoms with Crippen molar-refractivity contribution < 1.29 is 14.3 Å². The molecule has 1 aromatic rings. The largest absolute Gasteiger partial charge is 0.497 e. The number of nitrogens with zero attached hydrogens (tertiary/aromatic N) is 1. The van der Waals surface area contributed by atoms with Gasteiger partial charge in [-0.15, -0.1) is 24.0 Å². The topological polar surface area (TPSA) is 84.0 Å². The fraction of sp³-hybridized carbons (Fsp3) is 0.556. The summed E-state index contributed by atoms with van der Waals surface area (Å²) in [5.74, 6) is 1.29. The summed E-state index contributed by atoms with van der Waals surface area (Å²) in [6.45, 7) is 8.02. The second-order valence-corrected chi connectivity index (χ2v) is 5.23. The minimum Gasteiger partial charge on any atom is -0.497 e. The molecule has 0 spiro atoms. The molecule has 0 heterocycles.